The highest BCUT2D eigenvalue weighted by Crippen LogP contribution is 2.37. The van der Waals surface area contributed by atoms with Gasteiger partial charge in [-0.3, -0.25) is 4.79 Å². The van der Waals surface area contributed by atoms with E-state index in [1.54, 1.807) is 0 Å². The van der Waals surface area contributed by atoms with Crippen LogP contribution in [0.15, 0.2) is 18.2 Å². The Morgan fingerprint density at radius 3 is 2.85 bits per heavy atom. The quantitative estimate of drug-likeness (QED) is 0.873. The van der Waals surface area contributed by atoms with Crippen LogP contribution in [0.25, 0.3) is 0 Å². The highest BCUT2D eigenvalue weighted by Gasteiger charge is 2.29. The molecule has 1 amide bonds. The van der Waals surface area contributed by atoms with Crippen molar-refractivity contribution in [2.45, 2.75) is 38.4 Å². The molecule has 1 atom stereocenters. The zero-order chi connectivity index (χ0) is 14.6. The smallest absolute Gasteiger partial charge is 0.251 e. The van der Waals surface area contributed by atoms with E-state index in [1.807, 2.05) is 36.9 Å². The molecule has 1 heterocycles. The van der Waals surface area contributed by atoms with Gasteiger partial charge >= 0.3 is 0 Å². The number of hydrogen-bond acceptors (Lipinski definition) is 3. The first-order valence-electron chi connectivity index (χ1n) is 7.31. The molecule has 0 bridgehead atoms. The Morgan fingerprint density at radius 1 is 1.45 bits per heavy atom. The van der Waals surface area contributed by atoms with Crippen molar-refractivity contribution in [2.75, 3.05) is 24.2 Å². The van der Waals surface area contributed by atoms with Crippen LogP contribution in [-0.4, -0.2) is 29.5 Å². The van der Waals surface area contributed by atoms with E-state index < -0.39 is 0 Å². The SMILES string of the molecule is CCNc1ccc(C(=O)NCC2(C)CCCS2)c(C)c1. The molecule has 0 radical (unpaired) electrons. The van der Waals surface area contributed by atoms with E-state index in [-0.39, 0.29) is 10.7 Å². The van der Waals surface area contributed by atoms with Crippen LogP contribution in [0, 0.1) is 6.92 Å². The lowest BCUT2D eigenvalue weighted by Crippen LogP contribution is -2.37. The zero-order valence-corrected chi connectivity index (χ0v) is 13.4. The van der Waals surface area contributed by atoms with Gasteiger partial charge in [-0.25, -0.2) is 0 Å². The fourth-order valence-electron chi connectivity index (χ4n) is 2.57. The third kappa shape index (κ3) is 3.69. The summed E-state index contributed by atoms with van der Waals surface area (Å²) < 4.78 is 0.216. The molecule has 1 fully saturated rings. The molecule has 20 heavy (non-hydrogen) atoms. The zero-order valence-electron chi connectivity index (χ0n) is 12.6. The van der Waals surface area contributed by atoms with E-state index in [1.165, 1.54) is 18.6 Å². The van der Waals surface area contributed by atoms with Gasteiger partial charge in [-0.15, -0.1) is 0 Å². The van der Waals surface area contributed by atoms with Crippen molar-refractivity contribution < 1.29 is 4.79 Å². The molecule has 3 nitrogen and oxygen atoms in total. The number of carbonyl (C=O) groups is 1. The molecule has 110 valence electrons. The van der Waals surface area contributed by atoms with Crippen LogP contribution in [0.5, 0.6) is 0 Å². The number of benzene rings is 1. The van der Waals surface area contributed by atoms with Gasteiger partial charge in [0, 0.05) is 29.1 Å². The van der Waals surface area contributed by atoms with Crippen LogP contribution in [0.4, 0.5) is 5.69 Å². The van der Waals surface area contributed by atoms with Crippen molar-refractivity contribution in [3.8, 4) is 0 Å². The molecule has 1 unspecified atom stereocenters. The van der Waals surface area contributed by atoms with Crippen LogP contribution < -0.4 is 10.6 Å². The van der Waals surface area contributed by atoms with Gasteiger partial charge in [0.15, 0.2) is 0 Å². The molecule has 1 aromatic carbocycles. The van der Waals surface area contributed by atoms with E-state index in [4.69, 9.17) is 0 Å². The van der Waals surface area contributed by atoms with Gasteiger partial charge in [0.1, 0.15) is 0 Å². The minimum Gasteiger partial charge on any atom is -0.385 e. The predicted molar refractivity (Wildman–Crippen MR) is 87.8 cm³/mol. The summed E-state index contributed by atoms with van der Waals surface area (Å²) >= 11 is 1.97. The van der Waals surface area contributed by atoms with E-state index >= 15 is 0 Å². The first-order chi connectivity index (χ1) is 9.54. The highest BCUT2D eigenvalue weighted by molar-refractivity contribution is 8.00. The molecular weight excluding hydrogens is 268 g/mol. The average Bonchev–Trinajstić information content (AvgIpc) is 2.84. The van der Waals surface area contributed by atoms with Crippen molar-refractivity contribution in [3.63, 3.8) is 0 Å². The lowest BCUT2D eigenvalue weighted by atomic mass is 10.0. The Morgan fingerprint density at radius 2 is 2.25 bits per heavy atom. The Bertz CT molecular complexity index is 481. The number of rotatable bonds is 5. The first kappa shape index (κ1) is 15.2. The number of hydrogen-bond donors (Lipinski definition) is 2. The molecule has 2 N–H and O–H groups in total. The van der Waals surface area contributed by atoms with Crippen molar-refractivity contribution in [1.82, 2.24) is 5.32 Å². The summed E-state index contributed by atoms with van der Waals surface area (Å²) in [5.41, 5.74) is 2.86. The first-order valence-corrected chi connectivity index (χ1v) is 8.29. The fourth-order valence-corrected chi connectivity index (χ4v) is 3.82. The number of amides is 1. The maximum atomic E-state index is 12.3. The van der Waals surface area contributed by atoms with Crippen molar-refractivity contribution >= 4 is 23.4 Å². The van der Waals surface area contributed by atoms with Gasteiger partial charge in [-0.05, 0) is 63.1 Å². The summed E-state index contributed by atoms with van der Waals surface area (Å²) in [4.78, 5) is 12.3. The number of anilines is 1. The third-order valence-corrected chi connectivity index (χ3v) is 5.31. The van der Waals surface area contributed by atoms with Gasteiger partial charge in [0.05, 0.1) is 0 Å². The summed E-state index contributed by atoms with van der Waals surface area (Å²) in [5, 5.41) is 6.36. The van der Waals surface area contributed by atoms with Gasteiger partial charge in [0.2, 0.25) is 0 Å². The summed E-state index contributed by atoms with van der Waals surface area (Å²) in [6, 6.07) is 5.91. The fraction of sp³-hybridized carbons (Fsp3) is 0.562. The molecule has 4 heteroatoms. The molecule has 0 saturated carbocycles. The van der Waals surface area contributed by atoms with E-state index in [2.05, 4.69) is 24.5 Å². The molecule has 0 aliphatic carbocycles. The van der Waals surface area contributed by atoms with Gasteiger partial charge in [-0.1, -0.05) is 0 Å². The molecule has 1 saturated heterocycles. The standard InChI is InChI=1S/C16H24N2OS/c1-4-17-13-6-7-14(12(2)10-13)15(19)18-11-16(3)8-5-9-20-16/h6-7,10,17H,4-5,8-9,11H2,1-3H3,(H,18,19). The molecule has 1 aliphatic rings. The van der Waals surface area contributed by atoms with E-state index in [0.29, 0.717) is 0 Å². The van der Waals surface area contributed by atoms with Gasteiger partial charge < -0.3 is 10.6 Å². The summed E-state index contributed by atoms with van der Waals surface area (Å²) in [7, 11) is 0. The number of carbonyl (C=O) groups excluding carboxylic acids is 1. The summed E-state index contributed by atoms with van der Waals surface area (Å²) in [5.74, 6) is 1.25. The summed E-state index contributed by atoms with van der Waals surface area (Å²) in [6.07, 6.45) is 2.45. The molecule has 1 aromatic rings. The number of aryl methyl sites for hydroxylation is 1. The molecule has 2 rings (SSSR count). The minimum atomic E-state index is 0.0410. The van der Waals surface area contributed by atoms with Gasteiger partial charge in [-0.2, -0.15) is 11.8 Å². The second kappa shape index (κ2) is 6.53. The van der Waals surface area contributed by atoms with Crippen molar-refractivity contribution in [2.24, 2.45) is 0 Å². The average molecular weight is 292 g/mol. The van der Waals surface area contributed by atoms with Crippen LogP contribution in [-0.2, 0) is 0 Å². The Hall–Kier alpha value is -1.16. The minimum absolute atomic E-state index is 0.0410. The molecule has 0 spiro atoms. The number of nitrogens with one attached hydrogen (secondary N) is 2. The van der Waals surface area contributed by atoms with E-state index in [0.717, 1.165) is 29.9 Å². The third-order valence-electron chi connectivity index (χ3n) is 3.78. The molecule has 0 aromatic heterocycles. The van der Waals surface area contributed by atoms with Crippen LogP contribution in [0.1, 0.15) is 42.6 Å². The van der Waals surface area contributed by atoms with Crippen LogP contribution >= 0.6 is 11.8 Å². The van der Waals surface area contributed by atoms with Crippen LogP contribution in [0.3, 0.4) is 0 Å². The summed E-state index contributed by atoms with van der Waals surface area (Å²) in [6.45, 7) is 7.94. The second-order valence-corrected chi connectivity index (χ2v) is 7.33. The largest absolute Gasteiger partial charge is 0.385 e. The monoisotopic (exact) mass is 292 g/mol. The van der Waals surface area contributed by atoms with Gasteiger partial charge in [0.25, 0.3) is 5.91 Å². The Kier molecular flexibility index (Phi) is 4.97. The lowest BCUT2D eigenvalue weighted by molar-refractivity contribution is 0.0949. The normalized spacial score (nSPS) is 21.8. The second-order valence-electron chi connectivity index (χ2n) is 5.64. The Balaban J connectivity index is 1.98. The maximum Gasteiger partial charge on any atom is 0.251 e. The maximum absolute atomic E-state index is 12.3. The predicted octanol–water partition coefficient (Wildman–Crippen LogP) is 3.44. The lowest BCUT2D eigenvalue weighted by Gasteiger charge is -2.23. The van der Waals surface area contributed by atoms with Crippen LogP contribution in [0.2, 0.25) is 0 Å². The Labute approximate surface area is 125 Å². The molecular formula is C16H24N2OS. The highest BCUT2D eigenvalue weighted by atomic mass is 32.2. The number of thioether (sulfide) groups is 1. The molecule has 1 aliphatic heterocycles. The van der Waals surface area contributed by atoms with Crippen molar-refractivity contribution in [3.05, 3.63) is 29.3 Å². The topological polar surface area (TPSA) is 41.1 Å². The van der Waals surface area contributed by atoms with E-state index in [9.17, 15) is 4.79 Å². The van der Waals surface area contributed by atoms with Crippen molar-refractivity contribution in [1.29, 1.82) is 0 Å².